The molecule has 27 heavy (non-hydrogen) atoms. The van der Waals surface area contributed by atoms with Crippen molar-refractivity contribution in [1.82, 2.24) is 0 Å². The Morgan fingerprint density at radius 3 is 2.44 bits per heavy atom. The average molecular weight is 377 g/mol. The van der Waals surface area contributed by atoms with Crippen LogP contribution < -0.4 is 0 Å². The summed E-state index contributed by atoms with van der Waals surface area (Å²) in [5.41, 5.74) is 0.919. The number of rotatable bonds is 4. The van der Waals surface area contributed by atoms with Gasteiger partial charge in [-0.1, -0.05) is 40.5 Å². The van der Waals surface area contributed by atoms with Gasteiger partial charge in [0.05, 0.1) is 6.10 Å². The van der Waals surface area contributed by atoms with E-state index >= 15 is 0 Å². The number of aldehydes is 1. The minimum absolute atomic E-state index is 0.0560. The van der Waals surface area contributed by atoms with Gasteiger partial charge in [0, 0.05) is 6.42 Å². The molecule has 156 valence electrons. The SMILES string of the molecule is CC.CC12CCC3C(C(O)CC4CCCCC43C)C1CCC2CCCC=O. The first kappa shape index (κ1) is 21.3. The van der Waals surface area contributed by atoms with E-state index in [2.05, 4.69) is 13.8 Å². The number of unbranched alkanes of at least 4 members (excludes halogenated alkanes) is 1. The normalized spacial score (nSPS) is 48.5. The molecule has 8 unspecified atom stereocenters. The summed E-state index contributed by atoms with van der Waals surface area (Å²) in [6.07, 6.45) is 16.0. The Balaban J connectivity index is 0.00000102. The Bertz CT molecular complexity index is 503. The predicted octanol–water partition coefficient (Wildman–Crippen LogP) is 6.40. The minimum Gasteiger partial charge on any atom is -0.393 e. The number of aliphatic hydroxyl groups excluding tert-OH is 1. The molecule has 0 bridgehead atoms. The molecular formula is C25H44O2. The third-order valence-corrected chi connectivity index (χ3v) is 9.67. The highest BCUT2D eigenvalue weighted by Crippen LogP contribution is 2.67. The molecule has 2 nitrogen and oxygen atoms in total. The van der Waals surface area contributed by atoms with Crippen LogP contribution in [0.2, 0.25) is 0 Å². The molecule has 0 radical (unpaired) electrons. The first-order valence-electron chi connectivity index (χ1n) is 12.1. The second-order valence-corrected chi connectivity index (χ2v) is 10.5. The van der Waals surface area contributed by atoms with Gasteiger partial charge in [0.2, 0.25) is 0 Å². The molecule has 4 fully saturated rings. The number of hydrogen-bond acceptors (Lipinski definition) is 2. The van der Waals surface area contributed by atoms with Crippen LogP contribution >= 0.6 is 0 Å². The van der Waals surface area contributed by atoms with Gasteiger partial charge in [-0.25, -0.2) is 0 Å². The van der Waals surface area contributed by atoms with Crippen LogP contribution in [-0.2, 0) is 4.79 Å². The van der Waals surface area contributed by atoms with Gasteiger partial charge in [0.25, 0.3) is 0 Å². The van der Waals surface area contributed by atoms with Crippen molar-refractivity contribution in [2.24, 2.45) is 40.4 Å². The lowest BCUT2D eigenvalue weighted by Gasteiger charge is -2.62. The first-order valence-corrected chi connectivity index (χ1v) is 12.1. The van der Waals surface area contributed by atoms with Gasteiger partial charge >= 0.3 is 0 Å². The third-order valence-electron chi connectivity index (χ3n) is 9.67. The summed E-state index contributed by atoms with van der Waals surface area (Å²) in [6.45, 7) is 9.12. The highest BCUT2D eigenvalue weighted by molar-refractivity contribution is 5.48. The van der Waals surface area contributed by atoms with Gasteiger partial charge in [0.15, 0.2) is 0 Å². The van der Waals surface area contributed by atoms with E-state index in [9.17, 15) is 9.90 Å². The van der Waals surface area contributed by atoms with Crippen LogP contribution in [-0.4, -0.2) is 17.5 Å². The second-order valence-electron chi connectivity index (χ2n) is 10.5. The summed E-state index contributed by atoms with van der Waals surface area (Å²) >= 11 is 0. The van der Waals surface area contributed by atoms with Crippen LogP contribution in [0.5, 0.6) is 0 Å². The van der Waals surface area contributed by atoms with E-state index in [1.807, 2.05) is 13.8 Å². The van der Waals surface area contributed by atoms with Crippen molar-refractivity contribution in [3.05, 3.63) is 0 Å². The summed E-state index contributed by atoms with van der Waals surface area (Å²) < 4.78 is 0. The Morgan fingerprint density at radius 2 is 1.70 bits per heavy atom. The van der Waals surface area contributed by atoms with Crippen molar-refractivity contribution >= 4 is 6.29 Å². The van der Waals surface area contributed by atoms with Gasteiger partial charge in [-0.15, -0.1) is 0 Å². The molecule has 4 aliphatic rings. The highest BCUT2D eigenvalue weighted by atomic mass is 16.3. The molecule has 4 rings (SSSR count). The third kappa shape index (κ3) is 3.53. The summed E-state index contributed by atoms with van der Waals surface area (Å²) in [7, 11) is 0. The topological polar surface area (TPSA) is 37.3 Å². The Kier molecular flexibility index (Phi) is 6.76. The molecular weight excluding hydrogens is 332 g/mol. The lowest BCUT2D eigenvalue weighted by atomic mass is 9.44. The predicted molar refractivity (Wildman–Crippen MR) is 112 cm³/mol. The smallest absolute Gasteiger partial charge is 0.119 e. The fourth-order valence-electron chi connectivity index (χ4n) is 8.29. The fraction of sp³-hybridized carbons (Fsp3) is 0.960. The van der Waals surface area contributed by atoms with Crippen molar-refractivity contribution in [2.45, 2.75) is 111 Å². The van der Waals surface area contributed by atoms with E-state index in [0.717, 1.165) is 49.2 Å². The molecule has 8 atom stereocenters. The minimum atomic E-state index is -0.0560. The average Bonchev–Trinajstić information content (AvgIpc) is 3.01. The molecule has 0 amide bonds. The molecule has 4 saturated carbocycles. The van der Waals surface area contributed by atoms with Crippen LogP contribution in [0.15, 0.2) is 0 Å². The van der Waals surface area contributed by atoms with Gasteiger partial charge in [0.1, 0.15) is 6.29 Å². The van der Waals surface area contributed by atoms with Crippen LogP contribution in [0.4, 0.5) is 0 Å². The van der Waals surface area contributed by atoms with E-state index in [4.69, 9.17) is 0 Å². The fourth-order valence-corrected chi connectivity index (χ4v) is 8.29. The van der Waals surface area contributed by atoms with Crippen LogP contribution in [0.25, 0.3) is 0 Å². The number of fused-ring (bicyclic) bond motifs is 5. The number of hydrogen-bond donors (Lipinski definition) is 1. The van der Waals surface area contributed by atoms with Crippen molar-refractivity contribution in [3.8, 4) is 0 Å². The second kappa shape index (κ2) is 8.56. The van der Waals surface area contributed by atoms with Gasteiger partial charge < -0.3 is 9.90 Å². The molecule has 2 heteroatoms. The lowest BCUT2D eigenvalue weighted by Crippen LogP contribution is -2.57. The standard InChI is InChI=1S/C23H38O2.C2H6/c1-22-12-5-3-8-17(22)15-20(25)21-18-10-9-16(7-4-6-14-24)23(18,2)13-11-19(21)22;1-2/h14,16-21,25H,3-13,15H2,1-2H3;1-2H3. The maximum atomic E-state index is 11.2. The zero-order valence-corrected chi connectivity index (χ0v) is 18.4. The molecule has 0 aromatic rings. The van der Waals surface area contributed by atoms with E-state index in [1.165, 1.54) is 57.8 Å². The van der Waals surface area contributed by atoms with Crippen molar-refractivity contribution in [2.75, 3.05) is 0 Å². The molecule has 1 N–H and O–H groups in total. The Hall–Kier alpha value is -0.370. The van der Waals surface area contributed by atoms with Crippen LogP contribution in [0.1, 0.15) is 105 Å². The van der Waals surface area contributed by atoms with Crippen molar-refractivity contribution in [1.29, 1.82) is 0 Å². The summed E-state index contributed by atoms with van der Waals surface area (Å²) in [6, 6.07) is 0. The first-order chi connectivity index (χ1) is 13.0. The molecule has 0 aromatic carbocycles. The van der Waals surface area contributed by atoms with Crippen LogP contribution in [0, 0.1) is 40.4 Å². The summed E-state index contributed by atoms with van der Waals surface area (Å²) in [4.78, 5) is 10.7. The van der Waals surface area contributed by atoms with Crippen molar-refractivity contribution < 1.29 is 9.90 Å². The van der Waals surface area contributed by atoms with Gasteiger partial charge in [-0.2, -0.15) is 0 Å². The monoisotopic (exact) mass is 376 g/mol. The largest absolute Gasteiger partial charge is 0.393 e. The molecule has 0 aromatic heterocycles. The summed E-state index contributed by atoms with van der Waals surface area (Å²) in [5.74, 6) is 3.58. The lowest BCUT2D eigenvalue weighted by molar-refractivity contribution is -0.162. The van der Waals surface area contributed by atoms with E-state index < -0.39 is 0 Å². The molecule has 0 spiro atoms. The maximum absolute atomic E-state index is 11.2. The number of carbonyl (C=O) groups excluding carboxylic acids is 1. The molecule has 0 aliphatic heterocycles. The summed E-state index contributed by atoms with van der Waals surface area (Å²) in [5, 5.41) is 11.2. The zero-order valence-electron chi connectivity index (χ0n) is 18.4. The van der Waals surface area contributed by atoms with E-state index in [0.29, 0.717) is 16.7 Å². The highest BCUT2D eigenvalue weighted by Gasteiger charge is 2.61. The van der Waals surface area contributed by atoms with Gasteiger partial charge in [-0.3, -0.25) is 0 Å². The maximum Gasteiger partial charge on any atom is 0.119 e. The Labute approximate surface area is 167 Å². The number of aliphatic hydroxyl groups is 1. The Morgan fingerprint density at radius 1 is 0.963 bits per heavy atom. The van der Waals surface area contributed by atoms with E-state index in [-0.39, 0.29) is 6.10 Å². The van der Waals surface area contributed by atoms with Crippen molar-refractivity contribution in [3.63, 3.8) is 0 Å². The number of carbonyl (C=O) groups is 1. The van der Waals surface area contributed by atoms with E-state index in [1.54, 1.807) is 0 Å². The molecule has 4 aliphatic carbocycles. The molecule has 0 saturated heterocycles. The zero-order chi connectivity index (χ0) is 19.7. The van der Waals surface area contributed by atoms with Gasteiger partial charge in [-0.05, 0) is 98.2 Å². The van der Waals surface area contributed by atoms with Crippen LogP contribution in [0.3, 0.4) is 0 Å². The quantitative estimate of drug-likeness (QED) is 0.455. The molecule has 0 heterocycles.